The zero-order valence-electron chi connectivity index (χ0n) is 24.4. The van der Waals surface area contributed by atoms with Crippen molar-refractivity contribution < 1.29 is 18.9 Å². The Morgan fingerprint density at radius 1 is 1.02 bits per heavy atom. The molecule has 2 aromatic carbocycles. The molecule has 11 heteroatoms. The van der Waals surface area contributed by atoms with E-state index in [9.17, 15) is 13.8 Å². The molecule has 0 fully saturated rings. The van der Waals surface area contributed by atoms with Crippen LogP contribution in [0.2, 0.25) is 0 Å². The van der Waals surface area contributed by atoms with Gasteiger partial charge in [-0.2, -0.15) is 9.46 Å². The van der Waals surface area contributed by atoms with Gasteiger partial charge < -0.3 is 15.3 Å². The Morgan fingerprint density at radius 3 is 2.51 bits per heavy atom. The summed E-state index contributed by atoms with van der Waals surface area (Å²) < 4.78 is 19.7. The second kappa shape index (κ2) is 14.5. The number of hydrogen-bond donors (Lipinski definition) is 2. The van der Waals surface area contributed by atoms with Crippen molar-refractivity contribution in [3.8, 4) is 11.8 Å². The van der Waals surface area contributed by atoms with Crippen LogP contribution in [0.25, 0.3) is 0 Å². The average Bonchev–Trinajstić information content (AvgIpc) is 3.34. The fourth-order valence-electron chi connectivity index (χ4n) is 4.31. The number of likely N-dealkylation sites (N-methyl/N-ethyl adjacent to an activating group) is 1. The number of aryl methyl sites for hydroxylation is 2. The Kier molecular flexibility index (Phi) is 10.6. The van der Waals surface area contributed by atoms with E-state index < -0.39 is 15.6 Å². The number of rotatable bonds is 10. The summed E-state index contributed by atoms with van der Waals surface area (Å²) in [6.07, 6.45) is 3.45. The Morgan fingerprint density at radius 2 is 1.79 bits per heavy atom. The van der Waals surface area contributed by atoms with Crippen LogP contribution in [0.4, 0.5) is 5.69 Å². The van der Waals surface area contributed by atoms with Crippen LogP contribution in [0.15, 0.2) is 88.4 Å². The van der Waals surface area contributed by atoms with Gasteiger partial charge in [0.2, 0.25) is 0 Å². The summed E-state index contributed by atoms with van der Waals surface area (Å²) in [6, 6.07) is 19.2. The highest BCUT2D eigenvalue weighted by molar-refractivity contribution is 7.94. The highest BCUT2D eigenvalue weighted by atomic mass is 32.2. The van der Waals surface area contributed by atoms with Gasteiger partial charge in [0.1, 0.15) is 5.69 Å². The molecule has 0 aliphatic rings. The van der Waals surface area contributed by atoms with Crippen LogP contribution in [-0.2, 0) is 16.8 Å². The van der Waals surface area contributed by atoms with E-state index >= 15 is 0 Å². The zero-order chi connectivity index (χ0) is 30.8. The molecule has 2 heterocycles. The number of benzene rings is 2. The number of carbonyl (C=O) groups excluding carboxylic acids is 2. The van der Waals surface area contributed by atoms with Gasteiger partial charge in [0.05, 0.1) is 27.6 Å². The molecule has 10 nitrogen and oxygen atoms in total. The molecular weight excluding hydrogens is 564 g/mol. The van der Waals surface area contributed by atoms with Gasteiger partial charge in [0.25, 0.3) is 11.8 Å². The molecule has 1 atom stereocenters. The highest BCUT2D eigenvalue weighted by Crippen LogP contribution is 2.18. The largest absolute Gasteiger partial charge is 0.395 e. The first-order chi connectivity index (χ1) is 20.7. The van der Waals surface area contributed by atoms with Crippen molar-refractivity contribution in [3.05, 3.63) is 107 Å². The van der Waals surface area contributed by atoms with Gasteiger partial charge >= 0.3 is 0 Å². The number of aliphatic hydroxyl groups is 1. The lowest BCUT2D eigenvalue weighted by Gasteiger charge is -2.16. The maximum atomic E-state index is 14.0. The standard InChI is InChI=1S/C32H34N6O4S/c1-24-19-30(38(3)35-24)32(41)34-28-10-7-9-25(21-28)13-14-26-20-27(23-33-22-26)31(40)36-43(42,29-11-5-4-6-12-29)18-8-15-37(2)16-17-39/h4-7,9-12,19-23,39H,8,15-18H2,1-3H3,(H,34,41). The van der Waals surface area contributed by atoms with Gasteiger partial charge in [-0.25, -0.2) is 4.21 Å². The lowest BCUT2D eigenvalue weighted by Crippen LogP contribution is -2.25. The van der Waals surface area contributed by atoms with Crippen molar-refractivity contribution in [3.63, 3.8) is 0 Å². The zero-order valence-corrected chi connectivity index (χ0v) is 25.2. The predicted molar refractivity (Wildman–Crippen MR) is 166 cm³/mol. The normalized spacial score (nSPS) is 12.2. The van der Waals surface area contributed by atoms with Crippen LogP contribution < -0.4 is 5.32 Å². The van der Waals surface area contributed by atoms with E-state index in [1.807, 2.05) is 31.0 Å². The molecule has 0 bridgehead atoms. The van der Waals surface area contributed by atoms with Gasteiger partial charge in [-0.15, -0.1) is 0 Å². The lowest BCUT2D eigenvalue weighted by atomic mass is 10.1. The molecule has 2 amide bonds. The third-order valence-corrected chi connectivity index (χ3v) is 8.79. The van der Waals surface area contributed by atoms with Crippen LogP contribution in [0, 0.1) is 18.8 Å². The lowest BCUT2D eigenvalue weighted by molar-refractivity contribution is 0.0999. The van der Waals surface area contributed by atoms with E-state index in [-0.39, 0.29) is 23.8 Å². The number of carbonyl (C=O) groups is 2. The summed E-state index contributed by atoms with van der Waals surface area (Å²) in [5.74, 6) is 5.32. The third-order valence-electron chi connectivity index (χ3n) is 6.48. The minimum atomic E-state index is -3.05. The third kappa shape index (κ3) is 8.68. The summed E-state index contributed by atoms with van der Waals surface area (Å²) in [7, 11) is 0.536. The number of pyridine rings is 1. The maximum Gasteiger partial charge on any atom is 0.286 e. The van der Waals surface area contributed by atoms with Crippen LogP contribution in [0.3, 0.4) is 0 Å². The highest BCUT2D eigenvalue weighted by Gasteiger charge is 2.17. The number of hydrogen-bond acceptors (Lipinski definition) is 7. The molecule has 0 saturated heterocycles. The van der Waals surface area contributed by atoms with Crippen molar-refractivity contribution in [1.29, 1.82) is 0 Å². The minimum absolute atomic E-state index is 0.0352. The number of amides is 2. The summed E-state index contributed by atoms with van der Waals surface area (Å²) >= 11 is 0. The molecular formula is C32H34N6O4S. The van der Waals surface area contributed by atoms with Crippen molar-refractivity contribution in [2.45, 2.75) is 18.2 Å². The van der Waals surface area contributed by atoms with E-state index in [2.05, 4.69) is 31.6 Å². The molecule has 43 heavy (non-hydrogen) atoms. The van der Waals surface area contributed by atoms with Gasteiger partial charge in [-0.05, 0) is 69.4 Å². The number of nitrogens with one attached hydrogen (secondary N) is 1. The molecule has 0 radical (unpaired) electrons. The molecule has 0 spiro atoms. The second-order valence-corrected chi connectivity index (χ2v) is 12.3. The van der Waals surface area contributed by atoms with Crippen molar-refractivity contribution >= 4 is 27.2 Å². The predicted octanol–water partition coefficient (Wildman–Crippen LogP) is 3.76. The van der Waals surface area contributed by atoms with Crippen LogP contribution in [-0.4, -0.2) is 73.3 Å². The van der Waals surface area contributed by atoms with E-state index in [0.717, 1.165) is 5.69 Å². The molecule has 2 N–H and O–H groups in total. The van der Waals surface area contributed by atoms with E-state index in [4.69, 9.17) is 5.11 Å². The van der Waals surface area contributed by atoms with E-state index in [1.54, 1.807) is 61.6 Å². The fraction of sp³-hybridized carbons (Fsp3) is 0.250. The Bertz CT molecular complexity index is 1780. The smallest absolute Gasteiger partial charge is 0.286 e. The monoisotopic (exact) mass is 598 g/mol. The van der Waals surface area contributed by atoms with Gasteiger partial charge in [-0.1, -0.05) is 36.1 Å². The maximum absolute atomic E-state index is 14.0. The first kappa shape index (κ1) is 31.3. The fourth-order valence-corrected chi connectivity index (χ4v) is 6.22. The Hall–Kier alpha value is -4.63. The minimum Gasteiger partial charge on any atom is -0.395 e. The average molecular weight is 599 g/mol. The molecule has 1 unspecified atom stereocenters. The van der Waals surface area contributed by atoms with Crippen LogP contribution in [0.1, 0.15) is 44.1 Å². The number of nitrogens with zero attached hydrogens (tertiary/aromatic N) is 5. The molecule has 0 aliphatic carbocycles. The summed E-state index contributed by atoms with van der Waals surface area (Å²) in [4.78, 5) is 32.5. The first-order valence-corrected chi connectivity index (χ1v) is 15.4. The second-order valence-electron chi connectivity index (χ2n) is 9.98. The molecule has 222 valence electrons. The SMILES string of the molecule is Cc1cc(C(=O)Nc2cccc(C#Cc3cncc(C(=O)N=S(=O)(CCCN(C)CCO)c4ccccc4)c3)c2)n(C)n1. The topological polar surface area (TPSA) is 130 Å². The van der Waals surface area contributed by atoms with Crippen molar-refractivity contribution in [2.24, 2.45) is 11.4 Å². The number of aliphatic hydroxyl groups excluding tert-OH is 1. The number of aromatic nitrogens is 3. The van der Waals surface area contributed by atoms with E-state index in [1.165, 1.54) is 17.1 Å². The Labute approximate surface area is 252 Å². The molecule has 0 saturated carbocycles. The van der Waals surface area contributed by atoms with Crippen molar-refractivity contribution in [1.82, 2.24) is 19.7 Å². The number of anilines is 1. The van der Waals surface area contributed by atoms with Crippen molar-refractivity contribution in [2.75, 3.05) is 37.8 Å². The van der Waals surface area contributed by atoms with Crippen LogP contribution in [0.5, 0.6) is 0 Å². The van der Waals surface area contributed by atoms with E-state index in [0.29, 0.717) is 46.9 Å². The molecule has 4 rings (SSSR count). The summed E-state index contributed by atoms with van der Waals surface area (Å²) in [6.45, 7) is 2.97. The quantitative estimate of drug-likeness (QED) is 0.266. The molecule has 2 aromatic heterocycles. The summed E-state index contributed by atoms with van der Waals surface area (Å²) in [5, 5.41) is 16.2. The summed E-state index contributed by atoms with van der Waals surface area (Å²) in [5.41, 5.74) is 3.09. The Balaban J connectivity index is 1.52. The van der Waals surface area contributed by atoms with Gasteiger partial charge in [0, 0.05) is 53.4 Å². The van der Waals surface area contributed by atoms with Gasteiger partial charge in [0.15, 0.2) is 0 Å². The first-order valence-electron chi connectivity index (χ1n) is 13.7. The molecule has 4 aromatic rings. The molecule has 0 aliphatic heterocycles. The van der Waals surface area contributed by atoms with Gasteiger partial charge in [-0.3, -0.25) is 19.3 Å². The van der Waals surface area contributed by atoms with Crippen LogP contribution >= 0.6 is 0 Å².